The van der Waals surface area contributed by atoms with Crippen molar-refractivity contribution in [1.82, 2.24) is 4.57 Å². The average Bonchev–Trinajstić information content (AvgIpc) is 2.29. The lowest BCUT2D eigenvalue weighted by Gasteiger charge is -2.11. The molecule has 0 aliphatic carbocycles. The second-order valence-corrected chi connectivity index (χ2v) is 4.70. The minimum Gasteiger partial charge on any atom is -0.398 e. The zero-order valence-electron chi connectivity index (χ0n) is 9.48. The number of nitrogens with two attached hydrogens (primary N) is 1. The molecule has 0 unspecified atom stereocenters. The summed E-state index contributed by atoms with van der Waals surface area (Å²) in [6.07, 6.45) is 0. The predicted molar refractivity (Wildman–Crippen MR) is 73.1 cm³/mol. The number of aryl methyl sites for hydroxylation is 1. The molecule has 2 aromatic rings. The van der Waals surface area contributed by atoms with Gasteiger partial charge in [-0.3, -0.25) is 4.79 Å². The van der Waals surface area contributed by atoms with Gasteiger partial charge in [-0.25, -0.2) is 0 Å². The first-order valence-electron chi connectivity index (χ1n) is 5.29. The van der Waals surface area contributed by atoms with E-state index in [0.29, 0.717) is 12.2 Å². The molecule has 0 spiro atoms. The highest BCUT2D eigenvalue weighted by Crippen LogP contribution is 2.24. The number of benzene rings is 1. The minimum absolute atomic E-state index is 0.000625. The number of hydrogen-bond donors (Lipinski definition) is 1. The van der Waals surface area contributed by atoms with Crippen LogP contribution < -0.4 is 11.3 Å². The maximum Gasteiger partial charge on any atom is 0.251 e. The van der Waals surface area contributed by atoms with Crippen LogP contribution in [0.3, 0.4) is 0 Å². The summed E-state index contributed by atoms with van der Waals surface area (Å²) in [5.41, 5.74) is 8.44. The van der Waals surface area contributed by atoms with Gasteiger partial charge in [-0.1, -0.05) is 18.2 Å². The Balaban J connectivity index is 2.45. The van der Waals surface area contributed by atoms with Crippen LogP contribution in [0.25, 0.3) is 0 Å². The molecule has 2 N–H and O–H groups in total. The van der Waals surface area contributed by atoms with Gasteiger partial charge in [0.05, 0.1) is 6.54 Å². The molecule has 0 saturated heterocycles. The number of nitrogen functional groups attached to an aromatic ring is 1. The normalized spacial score (nSPS) is 10.5. The zero-order valence-corrected chi connectivity index (χ0v) is 11.1. The SMILES string of the molecule is Cc1cccc(=O)n1Cc1cccc(N)c1Br. The minimum atomic E-state index is -0.000625. The van der Waals surface area contributed by atoms with E-state index in [-0.39, 0.29) is 5.56 Å². The standard InChI is InChI=1S/C13H13BrN2O/c1-9-4-2-7-12(17)16(9)8-10-5-3-6-11(15)13(10)14/h2-7H,8,15H2,1H3. The second-order valence-electron chi connectivity index (χ2n) is 3.91. The van der Waals surface area contributed by atoms with Crippen LogP contribution in [0.15, 0.2) is 45.7 Å². The molecule has 1 aromatic heterocycles. The van der Waals surface area contributed by atoms with Gasteiger partial charge >= 0.3 is 0 Å². The summed E-state index contributed by atoms with van der Waals surface area (Å²) >= 11 is 3.45. The Labute approximate surface area is 108 Å². The van der Waals surface area contributed by atoms with Crippen LogP contribution in [0.1, 0.15) is 11.3 Å². The van der Waals surface area contributed by atoms with Crippen molar-refractivity contribution < 1.29 is 0 Å². The molecule has 0 amide bonds. The predicted octanol–water partition coefficient (Wildman–Crippen LogP) is 2.55. The van der Waals surface area contributed by atoms with Crippen LogP contribution in [0.2, 0.25) is 0 Å². The summed E-state index contributed by atoms with van der Waals surface area (Å²) in [6, 6.07) is 10.9. The third-order valence-corrected chi connectivity index (χ3v) is 3.67. The number of nitrogens with zero attached hydrogens (tertiary/aromatic N) is 1. The van der Waals surface area contributed by atoms with Crippen molar-refractivity contribution in [2.45, 2.75) is 13.5 Å². The molecule has 0 aliphatic heterocycles. The van der Waals surface area contributed by atoms with Gasteiger partial charge in [-0.15, -0.1) is 0 Å². The van der Waals surface area contributed by atoms with Crippen LogP contribution in [0.4, 0.5) is 5.69 Å². The van der Waals surface area contributed by atoms with Crippen LogP contribution in [-0.4, -0.2) is 4.57 Å². The molecule has 0 saturated carbocycles. The summed E-state index contributed by atoms with van der Waals surface area (Å²) in [5.74, 6) is 0. The summed E-state index contributed by atoms with van der Waals surface area (Å²) < 4.78 is 2.58. The average molecular weight is 293 g/mol. The van der Waals surface area contributed by atoms with E-state index in [4.69, 9.17) is 5.73 Å². The number of rotatable bonds is 2. The van der Waals surface area contributed by atoms with E-state index in [1.54, 1.807) is 16.7 Å². The van der Waals surface area contributed by atoms with Crippen molar-refractivity contribution in [2.75, 3.05) is 5.73 Å². The molecule has 0 atom stereocenters. The van der Waals surface area contributed by atoms with E-state index < -0.39 is 0 Å². The molecular formula is C13H13BrN2O. The van der Waals surface area contributed by atoms with E-state index in [0.717, 1.165) is 15.7 Å². The van der Waals surface area contributed by atoms with E-state index >= 15 is 0 Å². The maximum atomic E-state index is 11.8. The van der Waals surface area contributed by atoms with Crippen molar-refractivity contribution in [3.63, 3.8) is 0 Å². The van der Waals surface area contributed by atoms with Gasteiger partial charge in [0.25, 0.3) is 5.56 Å². The smallest absolute Gasteiger partial charge is 0.251 e. The Bertz CT molecular complexity index is 605. The van der Waals surface area contributed by atoms with E-state index in [1.165, 1.54) is 0 Å². The number of aromatic nitrogens is 1. The van der Waals surface area contributed by atoms with Crippen molar-refractivity contribution in [3.05, 3.63) is 62.5 Å². The third-order valence-electron chi connectivity index (χ3n) is 2.71. The van der Waals surface area contributed by atoms with Gasteiger partial charge in [-0.2, -0.15) is 0 Å². The lowest BCUT2D eigenvalue weighted by molar-refractivity contribution is 0.728. The summed E-state index contributed by atoms with van der Waals surface area (Å²) in [5, 5.41) is 0. The van der Waals surface area contributed by atoms with Crippen molar-refractivity contribution in [2.24, 2.45) is 0 Å². The highest BCUT2D eigenvalue weighted by molar-refractivity contribution is 9.10. The summed E-state index contributed by atoms with van der Waals surface area (Å²) in [6.45, 7) is 2.44. The third kappa shape index (κ3) is 2.42. The Morgan fingerprint density at radius 3 is 2.65 bits per heavy atom. The van der Waals surface area contributed by atoms with Gasteiger partial charge in [-0.05, 0) is 40.5 Å². The lowest BCUT2D eigenvalue weighted by Crippen LogP contribution is -2.21. The number of pyridine rings is 1. The first kappa shape index (κ1) is 11.9. The van der Waals surface area contributed by atoms with Crippen molar-refractivity contribution in [3.8, 4) is 0 Å². The fourth-order valence-corrected chi connectivity index (χ4v) is 2.11. The number of anilines is 1. The lowest BCUT2D eigenvalue weighted by atomic mass is 10.2. The fraction of sp³-hybridized carbons (Fsp3) is 0.154. The highest BCUT2D eigenvalue weighted by atomic mass is 79.9. The fourth-order valence-electron chi connectivity index (χ4n) is 1.72. The molecule has 0 bridgehead atoms. The summed E-state index contributed by atoms with van der Waals surface area (Å²) in [4.78, 5) is 11.8. The Morgan fingerprint density at radius 1 is 1.24 bits per heavy atom. The summed E-state index contributed by atoms with van der Waals surface area (Å²) in [7, 11) is 0. The Kier molecular flexibility index (Phi) is 3.33. The topological polar surface area (TPSA) is 48.0 Å². The van der Waals surface area contributed by atoms with Gasteiger partial charge in [0.15, 0.2) is 0 Å². The van der Waals surface area contributed by atoms with Crippen molar-refractivity contribution in [1.29, 1.82) is 0 Å². The molecule has 88 valence electrons. The monoisotopic (exact) mass is 292 g/mol. The molecule has 17 heavy (non-hydrogen) atoms. The number of halogens is 1. The van der Waals surface area contributed by atoms with Gasteiger partial charge < -0.3 is 10.3 Å². The molecule has 0 aliphatic rings. The van der Waals surface area contributed by atoms with Gasteiger partial charge in [0.1, 0.15) is 0 Å². The van der Waals surface area contributed by atoms with E-state index in [2.05, 4.69) is 15.9 Å². The first-order chi connectivity index (χ1) is 8.09. The van der Waals surface area contributed by atoms with Crippen LogP contribution in [-0.2, 0) is 6.54 Å². The molecular weight excluding hydrogens is 280 g/mol. The van der Waals surface area contributed by atoms with Crippen LogP contribution in [0, 0.1) is 6.92 Å². The van der Waals surface area contributed by atoms with E-state index in [9.17, 15) is 4.79 Å². The largest absolute Gasteiger partial charge is 0.398 e. The van der Waals surface area contributed by atoms with E-state index in [1.807, 2.05) is 31.2 Å². The van der Waals surface area contributed by atoms with Gasteiger partial charge in [0.2, 0.25) is 0 Å². The Hall–Kier alpha value is -1.55. The van der Waals surface area contributed by atoms with Crippen LogP contribution in [0.5, 0.6) is 0 Å². The highest BCUT2D eigenvalue weighted by Gasteiger charge is 2.06. The van der Waals surface area contributed by atoms with Crippen LogP contribution >= 0.6 is 15.9 Å². The Morgan fingerprint density at radius 2 is 1.94 bits per heavy atom. The quantitative estimate of drug-likeness (QED) is 0.865. The number of hydrogen-bond acceptors (Lipinski definition) is 2. The molecule has 3 nitrogen and oxygen atoms in total. The molecule has 0 fully saturated rings. The molecule has 0 radical (unpaired) electrons. The second kappa shape index (κ2) is 4.75. The molecule has 2 rings (SSSR count). The molecule has 4 heteroatoms. The first-order valence-corrected chi connectivity index (χ1v) is 6.08. The molecule has 1 aromatic carbocycles. The van der Waals surface area contributed by atoms with Crippen molar-refractivity contribution >= 4 is 21.6 Å². The van der Waals surface area contributed by atoms with Gasteiger partial charge in [0, 0.05) is 21.9 Å². The maximum absolute atomic E-state index is 11.8. The zero-order chi connectivity index (χ0) is 12.4. The molecule has 1 heterocycles.